The molecule has 1 heterocycles. The molecule has 0 aromatic rings. The molecule has 18 heavy (non-hydrogen) atoms. The first kappa shape index (κ1) is 14.3. The normalized spacial score (nSPS) is 28.5. The Hall–Kier alpha value is -0.0800. The highest BCUT2D eigenvalue weighted by atomic mass is 15.2. The van der Waals surface area contributed by atoms with E-state index in [2.05, 4.69) is 31.0 Å². The largest absolute Gasteiger partial charge is 0.308 e. The Balaban J connectivity index is 1.92. The third-order valence-electron chi connectivity index (χ3n) is 5.23. The van der Waals surface area contributed by atoms with Crippen molar-refractivity contribution >= 4 is 0 Å². The zero-order valence-electron chi connectivity index (χ0n) is 12.7. The van der Waals surface area contributed by atoms with Gasteiger partial charge < -0.3 is 5.32 Å². The van der Waals surface area contributed by atoms with E-state index in [9.17, 15) is 0 Å². The lowest BCUT2D eigenvalue weighted by molar-refractivity contribution is 0.0657. The predicted molar refractivity (Wildman–Crippen MR) is 78.9 cm³/mol. The second-order valence-corrected chi connectivity index (χ2v) is 6.51. The van der Waals surface area contributed by atoms with Crippen LogP contribution in [0.15, 0.2) is 0 Å². The van der Waals surface area contributed by atoms with Gasteiger partial charge >= 0.3 is 0 Å². The summed E-state index contributed by atoms with van der Waals surface area (Å²) in [5, 5.41) is 3.86. The van der Waals surface area contributed by atoms with Crippen LogP contribution in [0, 0.1) is 5.92 Å². The molecular weight excluding hydrogens is 220 g/mol. The molecule has 0 aromatic carbocycles. The molecule has 1 unspecified atom stereocenters. The summed E-state index contributed by atoms with van der Waals surface area (Å²) in [6.07, 6.45) is 9.65. The maximum absolute atomic E-state index is 3.86. The van der Waals surface area contributed by atoms with Crippen LogP contribution in [0.2, 0.25) is 0 Å². The topological polar surface area (TPSA) is 15.3 Å². The van der Waals surface area contributed by atoms with Crippen molar-refractivity contribution in [1.29, 1.82) is 0 Å². The van der Waals surface area contributed by atoms with Crippen molar-refractivity contribution < 1.29 is 0 Å². The van der Waals surface area contributed by atoms with E-state index in [0.717, 1.165) is 12.0 Å². The van der Waals surface area contributed by atoms with Crippen LogP contribution in [0.1, 0.15) is 65.7 Å². The molecule has 0 amide bonds. The van der Waals surface area contributed by atoms with Gasteiger partial charge in [0.2, 0.25) is 0 Å². The molecule has 0 radical (unpaired) electrons. The third-order valence-corrected chi connectivity index (χ3v) is 5.23. The summed E-state index contributed by atoms with van der Waals surface area (Å²) in [7, 11) is 0. The van der Waals surface area contributed by atoms with Gasteiger partial charge in [-0.25, -0.2) is 0 Å². The standard InChI is InChI=1S/C16H32N2/c1-4-7-15-12-17-16(5-2,6-3)13-18(15)11-10-14-8-9-14/h14-15,17H,4-13H2,1-3H3. The Morgan fingerprint density at radius 3 is 2.39 bits per heavy atom. The zero-order chi connectivity index (χ0) is 13.0. The summed E-state index contributed by atoms with van der Waals surface area (Å²) in [6, 6.07) is 0.792. The molecule has 1 saturated heterocycles. The Bertz CT molecular complexity index is 243. The second-order valence-electron chi connectivity index (χ2n) is 6.51. The van der Waals surface area contributed by atoms with E-state index in [0.29, 0.717) is 5.54 Å². The number of nitrogens with zero attached hydrogens (tertiary/aromatic N) is 1. The van der Waals surface area contributed by atoms with Crippen LogP contribution >= 0.6 is 0 Å². The van der Waals surface area contributed by atoms with Gasteiger partial charge in [-0.15, -0.1) is 0 Å². The molecule has 2 heteroatoms. The summed E-state index contributed by atoms with van der Waals surface area (Å²) in [5.41, 5.74) is 0.397. The summed E-state index contributed by atoms with van der Waals surface area (Å²) in [6.45, 7) is 10.8. The van der Waals surface area contributed by atoms with Crippen LogP contribution in [-0.2, 0) is 0 Å². The van der Waals surface area contributed by atoms with E-state index in [1.807, 2.05) is 0 Å². The molecule has 1 aliphatic heterocycles. The summed E-state index contributed by atoms with van der Waals surface area (Å²) < 4.78 is 0. The van der Waals surface area contributed by atoms with Crippen LogP contribution in [0.5, 0.6) is 0 Å². The van der Waals surface area contributed by atoms with Crippen LogP contribution in [0.3, 0.4) is 0 Å². The van der Waals surface area contributed by atoms with Crippen molar-refractivity contribution in [3.05, 3.63) is 0 Å². The molecule has 2 rings (SSSR count). The maximum Gasteiger partial charge on any atom is 0.0304 e. The van der Waals surface area contributed by atoms with Crippen LogP contribution < -0.4 is 5.32 Å². The lowest BCUT2D eigenvalue weighted by atomic mass is 9.87. The highest BCUT2D eigenvalue weighted by Crippen LogP contribution is 2.33. The van der Waals surface area contributed by atoms with Crippen molar-refractivity contribution in [2.24, 2.45) is 5.92 Å². The molecule has 2 fully saturated rings. The van der Waals surface area contributed by atoms with E-state index in [4.69, 9.17) is 0 Å². The average Bonchev–Trinajstić information content (AvgIpc) is 3.22. The van der Waals surface area contributed by atoms with Gasteiger partial charge in [0.25, 0.3) is 0 Å². The molecule has 1 atom stereocenters. The minimum atomic E-state index is 0.397. The number of nitrogens with one attached hydrogen (secondary N) is 1. The SMILES string of the molecule is CCCC1CNC(CC)(CC)CN1CCC1CC1. The molecule has 2 nitrogen and oxygen atoms in total. The van der Waals surface area contributed by atoms with Crippen molar-refractivity contribution in [3.63, 3.8) is 0 Å². The Kier molecular flexibility index (Phi) is 5.08. The van der Waals surface area contributed by atoms with Crippen molar-refractivity contribution in [1.82, 2.24) is 10.2 Å². The summed E-state index contributed by atoms with van der Waals surface area (Å²) in [5.74, 6) is 1.07. The fourth-order valence-electron chi connectivity index (χ4n) is 3.40. The van der Waals surface area contributed by atoms with E-state index < -0.39 is 0 Å². The zero-order valence-corrected chi connectivity index (χ0v) is 12.7. The lowest BCUT2D eigenvalue weighted by Crippen LogP contribution is -2.63. The van der Waals surface area contributed by atoms with E-state index in [1.54, 1.807) is 0 Å². The van der Waals surface area contributed by atoms with Gasteiger partial charge in [0.1, 0.15) is 0 Å². The second kappa shape index (κ2) is 6.38. The monoisotopic (exact) mass is 252 g/mol. The molecule has 0 bridgehead atoms. The fraction of sp³-hybridized carbons (Fsp3) is 1.00. The highest BCUT2D eigenvalue weighted by molar-refractivity contribution is 4.96. The third kappa shape index (κ3) is 3.48. The fourth-order valence-corrected chi connectivity index (χ4v) is 3.40. The Labute approximate surface area is 114 Å². The number of piperazine rings is 1. The molecule has 2 aliphatic rings. The first-order valence-electron chi connectivity index (χ1n) is 8.22. The van der Waals surface area contributed by atoms with Gasteiger partial charge in [-0.05, 0) is 38.1 Å². The van der Waals surface area contributed by atoms with Crippen LogP contribution in [0.25, 0.3) is 0 Å². The lowest BCUT2D eigenvalue weighted by Gasteiger charge is -2.47. The smallest absolute Gasteiger partial charge is 0.0304 e. The van der Waals surface area contributed by atoms with Gasteiger partial charge in [0, 0.05) is 24.7 Å². The Morgan fingerprint density at radius 2 is 1.83 bits per heavy atom. The quantitative estimate of drug-likeness (QED) is 0.747. The molecule has 106 valence electrons. The number of rotatable bonds is 7. The first-order valence-corrected chi connectivity index (χ1v) is 8.22. The highest BCUT2D eigenvalue weighted by Gasteiger charge is 2.36. The number of hydrogen-bond donors (Lipinski definition) is 1. The van der Waals surface area contributed by atoms with E-state index in [1.165, 1.54) is 64.6 Å². The van der Waals surface area contributed by atoms with Crippen molar-refractivity contribution in [2.75, 3.05) is 19.6 Å². The Morgan fingerprint density at radius 1 is 1.11 bits per heavy atom. The van der Waals surface area contributed by atoms with Gasteiger partial charge in [0.15, 0.2) is 0 Å². The van der Waals surface area contributed by atoms with E-state index >= 15 is 0 Å². The molecular formula is C16H32N2. The van der Waals surface area contributed by atoms with Gasteiger partial charge in [-0.2, -0.15) is 0 Å². The summed E-state index contributed by atoms with van der Waals surface area (Å²) >= 11 is 0. The average molecular weight is 252 g/mol. The van der Waals surface area contributed by atoms with Gasteiger partial charge in [0.05, 0.1) is 0 Å². The number of hydrogen-bond acceptors (Lipinski definition) is 2. The maximum atomic E-state index is 3.86. The van der Waals surface area contributed by atoms with Gasteiger partial charge in [-0.1, -0.05) is 40.0 Å². The minimum Gasteiger partial charge on any atom is -0.308 e. The molecule has 0 aromatic heterocycles. The summed E-state index contributed by atoms with van der Waals surface area (Å²) in [4.78, 5) is 2.81. The van der Waals surface area contributed by atoms with Crippen LogP contribution in [-0.4, -0.2) is 36.1 Å². The predicted octanol–water partition coefficient (Wildman–Crippen LogP) is 3.42. The molecule has 0 spiro atoms. The van der Waals surface area contributed by atoms with Crippen molar-refractivity contribution in [2.45, 2.75) is 77.3 Å². The van der Waals surface area contributed by atoms with Crippen LogP contribution in [0.4, 0.5) is 0 Å². The molecule has 1 saturated carbocycles. The molecule has 1 aliphatic carbocycles. The van der Waals surface area contributed by atoms with E-state index in [-0.39, 0.29) is 0 Å². The molecule has 1 N–H and O–H groups in total. The first-order chi connectivity index (χ1) is 8.73. The minimum absolute atomic E-state index is 0.397. The van der Waals surface area contributed by atoms with Gasteiger partial charge in [-0.3, -0.25) is 4.90 Å². The van der Waals surface area contributed by atoms with Crippen molar-refractivity contribution in [3.8, 4) is 0 Å².